The summed E-state index contributed by atoms with van der Waals surface area (Å²) in [6, 6.07) is 14.3. The average molecular weight is 449 g/mol. The SMILES string of the molecule is CCOC(=O)C1=C(C)NC2=C(C(=O)C[C@@H](c3ccc(F)cc3)C2)[C@H]1c1ccc(N(C)C)cc1. The van der Waals surface area contributed by atoms with E-state index in [0.29, 0.717) is 29.7 Å². The van der Waals surface area contributed by atoms with E-state index in [1.807, 2.05) is 50.2 Å². The number of halogens is 1. The number of carbonyl (C=O) groups is 2. The third kappa shape index (κ3) is 4.42. The zero-order valence-electron chi connectivity index (χ0n) is 19.4. The highest BCUT2D eigenvalue weighted by molar-refractivity contribution is 6.04. The molecule has 1 aliphatic carbocycles. The molecule has 5 nitrogen and oxygen atoms in total. The highest BCUT2D eigenvalue weighted by atomic mass is 19.1. The zero-order chi connectivity index (χ0) is 23.7. The molecule has 1 N–H and O–H groups in total. The molecule has 0 amide bonds. The van der Waals surface area contributed by atoms with E-state index in [9.17, 15) is 14.0 Å². The molecule has 0 saturated heterocycles. The maximum atomic E-state index is 13.5. The van der Waals surface area contributed by atoms with Crippen molar-refractivity contribution < 1.29 is 18.7 Å². The fourth-order valence-electron chi connectivity index (χ4n) is 4.79. The number of hydrogen-bond donors (Lipinski definition) is 1. The number of allylic oxidation sites excluding steroid dienone is 3. The van der Waals surface area contributed by atoms with Gasteiger partial charge >= 0.3 is 5.97 Å². The molecule has 0 fully saturated rings. The normalized spacial score (nSPS) is 20.3. The molecule has 172 valence electrons. The molecule has 2 aromatic rings. The van der Waals surface area contributed by atoms with Crippen LogP contribution in [0.3, 0.4) is 0 Å². The molecule has 2 atom stereocenters. The van der Waals surface area contributed by atoms with E-state index in [-0.39, 0.29) is 24.1 Å². The smallest absolute Gasteiger partial charge is 0.336 e. The van der Waals surface area contributed by atoms with Gasteiger partial charge in [-0.2, -0.15) is 0 Å². The summed E-state index contributed by atoms with van der Waals surface area (Å²) in [5.41, 5.74) is 5.47. The Morgan fingerprint density at radius 3 is 2.30 bits per heavy atom. The molecule has 0 bridgehead atoms. The van der Waals surface area contributed by atoms with Crippen LogP contribution >= 0.6 is 0 Å². The van der Waals surface area contributed by atoms with Crippen LogP contribution in [0, 0.1) is 5.82 Å². The molecule has 6 heteroatoms. The van der Waals surface area contributed by atoms with Gasteiger partial charge in [-0.15, -0.1) is 0 Å². The van der Waals surface area contributed by atoms with Gasteiger partial charge in [-0.1, -0.05) is 24.3 Å². The summed E-state index contributed by atoms with van der Waals surface area (Å²) in [5, 5.41) is 3.33. The number of benzene rings is 2. The first-order valence-electron chi connectivity index (χ1n) is 11.2. The highest BCUT2D eigenvalue weighted by Gasteiger charge is 2.41. The van der Waals surface area contributed by atoms with E-state index in [1.54, 1.807) is 19.1 Å². The second-order valence-corrected chi connectivity index (χ2v) is 8.78. The lowest BCUT2D eigenvalue weighted by molar-refractivity contribution is -0.138. The fourth-order valence-corrected chi connectivity index (χ4v) is 4.79. The van der Waals surface area contributed by atoms with Crippen molar-refractivity contribution in [2.24, 2.45) is 0 Å². The first-order valence-corrected chi connectivity index (χ1v) is 11.2. The van der Waals surface area contributed by atoms with Crippen LogP contribution in [-0.4, -0.2) is 32.5 Å². The maximum absolute atomic E-state index is 13.5. The molecule has 4 rings (SSSR count). The van der Waals surface area contributed by atoms with Crippen LogP contribution in [-0.2, 0) is 14.3 Å². The van der Waals surface area contributed by atoms with Crippen LogP contribution < -0.4 is 10.2 Å². The summed E-state index contributed by atoms with van der Waals surface area (Å²) in [7, 11) is 3.93. The van der Waals surface area contributed by atoms with Gasteiger partial charge < -0.3 is 15.0 Å². The van der Waals surface area contributed by atoms with Gasteiger partial charge in [0.1, 0.15) is 5.82 Å². The van der Waals surface area contributed by atoms with E-state index in [1.165, 1.54) is 12.1 Å². The Balaban J connectivity index is 1.78. The van der Waals surface area contributed by atoms with Gasteiger partial charge in [-0.25, -0.2) is 9.18 Å². The second kappa shape index (κ2) is 9.22. The molecular formula is C27H29FN2O3. The van der Waals surface area contributed by atoms with Crippen LogP contribution in [0.5, 0.6) is 0 Å². The van der Waals surface area contributed by atoms with Gasteiger partial charge in [0.2, 0.25) is 0 Å². The van der Waals surface area contributed by atoms with Gasteiger partial charge in [-0.05, 0) is 61.6 Å². The number of dihydropyridines is 1. The van der Waals surface area contributed by atoms with Crippen LogP contribution in [0.2, 0.25) is 0 Å². The largest absolute Gasteiger partial charge is 0.463 e. The van der Waals surface area contributed by atoms with E-state index >= 15 is 0 Å². The number of nitrogens with one attached hydrogen (secondary N) is 1. The Kier molecular flexibility index (Phi) is 6.36. The monoisotopic (exact) mass is 448 g/mol. The number of ether oxygens (including phenoxy) is 1. The van der Waals surface area contributed by atoms with E-state index < -0.39 is 11.9 Å². The number of anilines is 1. The lowest BCUT2D eigenvalue weighted by Crippen LogP contribution is -2.36. The van der Waals surface area contributed by atoms with Crippen molar-refractivity contribution in [3.8, 4) is 0 Å². The van der Waals surface area contributed by atoms with Crippen LogP contribution in [0.15, 0.2) is 71.1 Å². The van der Waals surface area contributed by atoms with Crippen molar-refractivity contribution in [1.29, 1.82) is 0 Å². The Morgan fingerprint density at radius 1 is 1.06 bits per heavy atom. The van der Waals surface area contributed by atoms with Crippen LogP contribution in [0.1, 0.15) is 49.7 Å². The molecule has 0 radical (unpaired) electrons. The third-order valence-corrected chi connectivity index (χ3v) is 6.41. The molecule has 0 unspecified atom stereocenters. The highest BCUT2D eigenvalue weighted by Crippen LogP contribution is 2.45. The Bertz CT molecular complexity index is 1130. The zero-order valence-corrected chi connectivity index (χ0v) is 19.4. The standard InChI is InChI=1S/C27H29FN2O3/c1-5-33-27(32)24-16(2)29-22-14-19(17-6-10-20(28)11-7-17)15-23(31)26(22)25(24)18-8-12-21(13-9-18)30(3)4/h6-13,19,25,29H,5,14-15H2,1-4H3/t19-,25-/m0/s1. The Hall–Kier alpha value is -3.41. The number of Topliss-reactive ketones (excluding diaryl/α,β-unsaturated/α-hetero) is 1. The van der Waals surface area contributed by atoms with Crippen molar-refractivity contribution in [1.82, 2.24) is 5.32 Å². The summed E-state index contributed by atoms with van der Waals surface area (Å²) >= 11 is 0. The molecule has 0 saturated carbocycles. The number of esters is 1. The average Bonchev–Trinajstić information content (AvgIpc) is 2.78. The van der Waals surface area contributed by atoms with Gasteiger partial charge in [0.25, 0.3) is 0 Å². The van der Waals surface area contributed by atoms with Crippen molar-refractivity contribution >= 4 is 17.4 Å². The quantitative estimate of drug-likeness (QED) is 0.665. The van der Waals surface area contributed by atoms with E-state index in [0.717, 1.165) is 22.5 Å². The minimum absolute atomic E-state index is 0.00550. The number of ketones is 1. The number of nitrogens with zero attached hydrogens (tertiary/aromatic N) is 1. The molecule has 2 aliphatic rings. The Morgan fingerprint density at radius 2 is 1.70 bits per heavy atom. The molecule has 2 aromatic carbocycles. The topological polar surface area (TPSA) is 58.6 Å². The van der Waals surface area contributed by atoms with Crippen LogP contribution in [0.25, 0.3) is 0 Å². The summed E-state index contributed by atoms with van der Waals surface area (Å²) in [6.07, 6.45) is 0.931. The van der Waals surface area contributed by atoms with E-state index in [2.05, 4.69) is 5.32 Å². The maximum Gasteiger partial charge on any atom is 0.336 e. The second-order valence-electron chi connectivity index (χ2n) is 8.78. The van der Waals surface area contributed by atoms with Crippen molar-refractivity contribution in [2.45, 2.75) is 38.5 Å². The predicted molar refractivity (Wildman–Crippen MR) is 126 cm³/mol. The molecular weight excluding hydrogens is 419 g/mol. The van der Waals surface area contributed by atoms with Crippen molar-refractivity contribution in [2.75, 3.05) is 25.6 Å². The van der Waals surface area contributed by atoms with Crippen molar-refractivity contribution in [3.05, 3.63) is 88.0 Å². The first kappa shape index (κ1) is 22.8. The summed E-state index contributed by atoms with van der Waals surface area (Å²) in [5.74, 6) is -1.25. The molecule has 33 heavy (non-hydrogen) atoms. The van der Waals surface area contributed by atoms with Gasteiger partial charge in [0, 0.05) is 49.1 Å². The first-order chi connectivity index (χ1) is 15.8. The van der Waals surface area contributed by atoms with Gasteiger partial charge in [0.15, 0.2) is 5.78 Å². The predicted octanol–water partition coefficient (Wildman–Crippen LogP) is 4.82. The number of hydrogen-bond acceptors (Lipinski definition) is 5. The summed E-state index contributed by atoms with van der Waals surface area (Å²) in [6.45, 7) is 3.88. The van der Waals surface area contributed by atoms with Crippen LogP contribution in [0.4, 0.5) is 10.1 Å². The summed E-state index contributed by atoms with van der Waals surface area (Å²) in [4.78, 5) is 28.5. The minimum atomic E-state index is -0.488. The number of carbonyl (C=O) groups excluding carboxylic acids is 2. The molecule has 1 aliphatic heterocycles. The molecule has 0 aromatic heterocycles. The van der Waals surface area contributed by atoms with Crippen molar-refractivity contribution in [3.63, 3.8) is 0 Å². The lowest BCUT2D eigenvalue weighted by atomic mass is 9.71. The van der Waals surface area contributed by atoms with Gasteiger partial charge in [-0.3, -0.25) is 4.79 Å². The molecule has 0 spiro atoms. The van der Waals surface area contributed by atoms with E-state index in [4.69, 9.17) is 4.74 Å². The number of rotatable bonds is 5. The minimum Gasteiger partial charge on any atom is -0.463 e. The lowest BCUT2D eigenvalue weighted by Gasteiger charge is -2.36. The molecule has 1 heterocycles. The fraction of sp³-hybridized carbons (Fsp3) is 0.333. The third-order valence-electron chi connectivity index (χ3n) is 6.41. The summed E-state index contributed by atoms with van der Waals surface area (Å²) < 4.78 is 18.8. The van der Waals surface area contributed by atoms with Gasteiger partial charge in [0.05, 0.1) is 12.2 Å². The Labute approximate surface area is 193 Å².